The van der Waals surface area contributed by atoms with Crippen molar-refractivity contribution in [3.05, 3.63) is 80.8 Å². The molecule has 2 aliphatic rings. The molecule has 0 amide bonds. The number of hydrogen-bond donors (Lipinski definition) is 1. The molecule has 22 heteroatoms. The van der Waals surface area contributed by atoms with Gasteiger partial charge in [-0.15, -0.1) is 22.7 Å². The minimum atomic E-state index is -4.47. The molecule has 0 unspecified atom stereocenters. The molecule has 2 aromatic carbocycles. The molecule has 1 N–H and O–H groups in total. The van der Waals surface area contributed by atoms with E-state index in [0.717, 1.165) is 30.4 Å². The number of benzene rings is 2. The van der Waals surface area contributed by atoms with E-state index in [1.165, 1.54) is 35.6 Å². The lowest BCUT2D eigenvalue weighted by atomic mass is 9.96. The summed E-state index contributed by atoms with van der Waals surface area (Å²) in [7, 11) is 0. The van der Waals surface area contributed by atoms with Crippen molar-refractivity contribution in [2.24, 2.45) is 11.8 Å². The summed E-state index contributed by atoms with van der Waals surface area (Å²) >= 11 is 5.48. The van der Waals surface area contributed by atoms with E-state index in [-0.39, 0.29) is 69.0 Å². The quantitative estimate of drug-likeness (QED) is 0.0954. The van der Waals surface area contributed by atoms with Crippen molar-refractivity contribution in [3.63, 3.8) is 0 Å². The number of hydrogen-bond acceptors (Lipinski definition) is 10. The third-order valence-corrected chi connectivity index (χ3v) is 12.6. The molecule has 0 radical (unpaired) electrons. The lowest BCUT2D eigenvalue weighted by Crippen LogP contribution is -2.38. The smallest absolute Gasteiger partial charge is 0.416 e. The Morgan fingerprint density at radius 3 is 1.48 bits per heavy atom. The molecular weight excluding hydrogens is 965 g/mol. The zero-order chi connectivity index (χ0) is 46.8. The Morgan fingerprint density at radius 2 is 1.10 bits per heavy atom. The zero-order valence-corrected chi connectivity index (χ0v) is 37.3. The number of aromatic nitrogens is 2. The van der Waals surface area contributed by atoms with E-state index in [9.17, 15) is 57.9 Å². The maximum Gasteiger partial charge on any atom is 0.416 e. The molecule has 2 aliphatic heterocycles. The maximum absolute atomic E-state index is 13.2. The van der Waals surface area contributed by atoms with Crippen molar-refractivity contribution in [1.82, 2.24) is 20.2 Å². The number of ether oxygens (including phenoxy) is 2. The van der Waals surface area contributed by atoms with Gasteiger partial charge in [0.1, 0.15) is 19.8 Å². The second kappa shape index (κ2) is 22.4. The van der Waals surface area contributed by atoms with Crippen molar-refractivity contribution in [3.8, 4) is 21.1 Å². The Balaban J connectivity index is 0.000000235. The molecule has 2 saturated heterocycles. The molecule has 0 atom stereocenters. The van der Waals surface area contributed by atoms with Crippen molar-refractivity contribution >= 4 is 50.5 Å². The number of nitrogens with one attached hydrogen (secondary N) is 1. The van der Waals surface area contributed by atoms with Gasteiger partial charge in [-0.2, -0.15) is 39.5 Å². The van der Waals surface area contributed by atoms with Gasteiger partial charge in [-0.1, -0.05) is 52.3 Å². The number of nitrogens with zero attached hydrogens (tertiary/aromatic N) is 3. The van der Waals surface area contributed by atoms with Crippen LogP contribution < -0.4 is 5.32 Å². The minimum absolute atomic E-state index is 0.0336. The highest BCUT2D eigenvalue weighted by atomic mass is 79.9. The summed E-state index contributed by atoms with van der Waals surface area (Å²) in [4.78, 5) is 35.4. The first kappa shape index (κ1) is 51.9. The topological polar surface area (TPSA) is 93.7 Å². The van der Waals surface area contributed by atoms with Crippen LogP contribution in [0.1, 0.15) is 88.3 Å². The van der Waals surface area contributed by atoms with Crippen LogP contribution in [0, 0.1) is 11.8 Å². The second-order valence-electron chi connectivity index (χ2n) is 14.4. The second-order valence-corrected chi connectivity index (χ2v) is 16.9. The summed E-state index contributed by atoms with van der Waals surface area (Å²) in [6, 6.07) is 10.3. The van der Waals surface area contributed by atoms with E-state index in [4.69, 9.17) is 9.47 Å². The molecule has 6 rings (SSSR count). The van der Waals surface area contributed by atoms with Crippen molar-refractivity contribution in [1.29, 1.82) is 0 Å². The standard InChI is InChI=1S/C20H20F6N2O2S.C15H14BrF2NO2S.C6H10F3N/c1-2-30-18(29)16-15(11-28-9-7-14(8-10-28)20(24,25)26)27-17(31-16)12-3-5-13(6-4-12)19(21,22)23;1-3-21-14(20)12-11(8-16)19-13(22-12)9-4-6-10(7-5-9)15(2,17)18;7-6(8,9)5-1-3-10-4-2-5/h3-6,14H,2,7-11H2,1H3;4-7H,3,8H2,1-2H3;5,10H,1-4H2. The van der Waals surface area contributed by atoms with Gasteiger partial charge in [-0.3, -0.25) is 4.90 Å². The van der Waals surface area contributed by atoms with E-state index in [0.29, 0.717) is 55.8 Å². The van der Waals surface area contributed by atoms with E-state index in [2.05, 4.69) is 31.2 Å². The maximum atomic E-state index is 13.2. The molecule has 0 saturated carbocycles. The molecule has 0 aliphatic carbocycles. The summed E-state index contributed by atoms with van der Waals surface area (Å²) < 4.78 is 149. The van der Waals surface area contributed by atoms with Gasteiger partial charge in [0.15, 0.2) is 0 Å². The molecule has 4 aromatic rings. The van der Waals surface area contributed by atoms with Crippen LogP contribution in [0.15, 0.2) is 48.5 Å². The molecule has 4 heterocycles. The van der Waals surface area contributed by atoms with Gasteiger partial charge in [-0.25, -0.2) is 28.3 Å². The Kier molecular flexibility index (Phi) is 18.5. The van der Waals surface area contributed by atoms with Gasteiger partial charge in [0.25, 0.3) is 5.92 Å². The molecule has 8 nitrogen and oxygen atoms in total. The summed E-state index contributed by atoms with van der Waals surface area (Å²) in [5.41, 5.74) is 1.18. The number of thiazole rings is 2. The molecule has 348 valence electrons. The van der Waals surface area contributed by atoms with Crippen LogP contribution in [0.2, 0.25) is 0 Å². The third kappa shape index (κ3) is 15.2. The Morgan fingerprint density at radius 1 is 0.683 bits per heavy atom. The number of halogens is 12. The third-order valence-electron chi connectivity index (χ3n) is 9.77. The Bertz CT molecular complexity index is 2070. The zero-order valence-electron chi connectivity index (χ0n) is 34.1. The molecular formula is C41H44BrF11N4O4S2. The molecule has 2 fully saturated rings. The largest absolute Gasteiger partial charge is 0.462 e. The molecule has 0 spiro atoms. The predicted octanol–water partition coefficient (Wildman–Crippen LogP) is 12.3. The first-order valence-corrected chi connectivity index (χ1v) is 22.3. The average molecular weight is 1010 g/mol. The highest BCUT2D eigenvalue weighted by molar-refractivity contribution is 9.08. The van der Waals surface area contributed by atoms with Gasteiger partial charge in [0.05, 0.1) is 42.0 Å². The Labute approximate surface area is 372 Å². The lowest BCUT2D eigenvalue weighted by molar-refractivity contribution is -0.185. The highest BCUT2D eigenvalue weighted by Gasteiger charge is 2.42. The van der Waals surface area contributed by atoms with Gasteiger partial charge in [0, 0.05) is 35.5 Å². The van der Waals surface area contributed by atoms with Crippen LogP contribution in [0.25, 0.3) is 21.1 Å². The van der Waals surface area contributed by atoms with Crippen LogP contribution in [-0.2, 0) is 33.4 Å². The predicted molar refractivity (Wildman–Crippen MR) is 220 cm³/mol. The number of carbonyl (C=O) groups is 2. The van der Waals surface area contributed by atoms with E-state index in [1.807, 2.05) is 0 Å². The van der Waals surface area contributed by atoms with Crippen LogP contribution in [0.4, 0.5) is 48.3 Å². The first-order valence-electron chi connectivity index (χ1n) is 19.6. The first-order chi connectivity index (χ1) is 29.5. The molecule has 2 aromatic heterocycles. The SMILES string of the molecule is CCOC(=O)c1sc(-c2ccc(C(C)(F)F)cc2)nc1CBr.CCOC(=O)c1sc(-c2ccc(C(F)(F)F)cc2)nc1CN1CCC(C(F)(F)F)CC1.FC(F)(F)C1CCNCC1. The fourth-order valence-corrected chi connectivity index (χ4v) is 8.89. The Hall–Kier alpha value is -3.73. The normalized spacial score (nSPS) is 15.8. The van der Waals surface area contributed by atoms with Crippen LogP contribution >= 0.6 is 38.6 Å². The van der Waals surface area contributed by atoms with E-state index in [1.54, 1.807) is 30.9 Å². The summed E-state index contributed by atoms with van der Waals surface area (Å²) in [5.74, 6) is -6.31. The van der Waals surface area contributed by atoms with Gasteiger partial charge >= 0.3 is 30.5 Å². The van der Waals surface area contributed by atoms with Gasteiger partial charge in [-0.05, 0) is 77.8 Å². The average Bonchev–Trinajstić information content (AvgIpc) is 3.86. The van der Waals surface area contributed by atoms with Crippen LogP contribution in [0.3, 0.4) is 0 Å². The minimum Gasteiger partial charge on any atom is -0.462 e. The van der Waals surface area contributed by atoms with Crippen molar-refractivity contribution in [2.45, 2.75) is 82.8 Å². The number of carbonyl (C=O) groups excluding carboxylic acids is 2. The van der Waals surface area contributed by atoms with Gasteiger partial charge in [0.2, 0.25) is 0 Å². The highest BCUT2D eigenvalue weighted by Crippen LogP contribution is 2.38. The summed E-state index contributed by atoms with van der Waals surface area (Å²) in [5, 5.41) is 4.25. The number of alkyl halides is 12. The molecule has 0 bridgehead atoms. The summed E-state index contributed by atoms with van der Waals surface area (Å²) in [6.07, 6.45) is -12.2. The monoisotopic (exact) mass is 1010 g/mol. The van der Waals surface area contributed by atoms with Crippen LogP contribution in [-0.4, -0.2) is 78.6 Å². The number of esters is 2. The number of piperidine rings is 2. The van der Waals surface area contributed by atoms with Gasteiger partial charge < -0.3 is 14.8 Å². The fourth-order valence-electron chi connectivity index (χ4n) is 6.35. The fraction of sp³-hybridized carbons (Fsp3) is 0.512. The van der Waals surface area contributed by atoms with Crippen LogP contribution in [0.5, 0.6) is 0 Å². The summed E-state index contributed by atoms with van der Waals surface area (Å²) in [6.45, 7) is 6.22. The molecule has 63 heavy (non-hydrogen) atoms. The van der Waals surface area contributed by atoms with E-state index < -0.39 is 53.8 Å². The number of likely N-dealkylation sites (tertiary alicyclic amines) is 1. The number of rotatable bonds is 10. The lowest BCUT2D eigenvalue weighted by Gasteiger charge is -2.32. The van der Waals surface area contributed by atoms with Crippen molar-refractivity contribution < 1.29 is 67.4 Å². The van der Waals surface area contributed by atoms with Crippen molar-refractivity contribution in [2.75, 3.05) is 39.4 Å². The van der Waals surface area contributed by atoms with E-state index >= 15 is 0 Å².